The molecule has 2 aromatic rings. The van der Waals surface area contributed by atoms with Gasteiger partial charge in [-0.1, -0.05) is 44.2 Å². The van der Waals surface area contributed by atoms with Crippen LogP contribution in [0.3, 0.4) is 0 Å². The summed E-state index contributed by atoms with van der Waals surface area (Å²) in [6.07, 6.45) is 0. The number of hydrogen-bond donors (Lipinski definition) is 1. The number of nitrogens with one attached hydrogen (secondary N) is 1. The summed E-state index contributed by atoms with van der Waals surface area (Å²) >= 11 is 1.48. The van der Waals surface area contributed by atoms with Gasteiger partial charge in [-0.15, -0.1) is 11.8 Å². The normalized spacial score (nSPS) is 19.3. The van der Waals surface area contributed by atoms with E-state index in [1.54, 1.807) is 41.3 Å². The molecule has 142 valence electrons. The summed E-state index contributed by atoms with van der Waals surface area (Å²) in [4.78, 5) is 27.5. The van der Waals surface area contributed by atoms with Gasteiger partial charge in [0, 0.05) is 17.9 Å². The molecule has 1 heterocycles. The Bertz CT molecular complexity index is 813. The van der Waals surface area contributed by atoms with E-state index in [1.165, 1.54) is 23.9 Å². The molecule has 1 aliphatic heterocycles. The van der Waals surface area contributed by atoms with Crippen LogP contribution in [0.4, 0.5) is 4.39 Å². The molecular formula is C21H23FN2O2S. The molecule has 3 rings (SSSR count). The van der Waals surface area contributed by atoms with E-state index in [-0.39, 0.29) is 17.6 Å². The van der Waals surface area contributed by atoms with Crippen molar-refractivity contribution in [2.75, 3.05) is 12.3 Å². The third kappa shape index (κ3) is 4.50. The monoisotopic (exact) mass is 386 g/mol. The summed E-state index contributed by atoms with van der Waals surface area (Å²) in [5.74, 6) is 0.0519. The molecule has 0 aliphatic carbocycles. The van der Waals surface area contributed by atoms with Gasteiger partial charge in [-0.2, -0.15) is 0 Å². The van der Waals surface area contributed by atoms with Crippen molar-refractivity contribution in [3.63, 3.8) is 0 Å². The third-order valence-electron chi connectivity index (χ3n) is 4.38. The van der Waals surface area contributed by atoms with Gasteiger partial charge in [0.2, 0.25) is 5.91 Å². The van der Waals surface area contributed by atoms with Crippen LogP contribution in [0.25, 0.3) is 0 Å². The first kappa shape index (κ1) is 19.4. The fraction of sp³-hybridized carbons (Fsp3) is 0.333. The summed E-state index contributed by atoms with van der Waals surface area (Å²) in [6.45, 7) is 4.59. The highest BCUT2D eigenvalue weighted by Gasteiger charge is 2.42. The zero-order chi connectivity index (χ0) is 19.4. The molecule has 2 amide bonds. The first-order valence-corrected chi connectivity index (χ1v) is 10.0. The van der Waals surface area contributed by atoms with E-state index in [4.69, 9.17) is 0 Å². The lowest BCUT2D eigenvalue weighted by Crippen LogP contribution is -2.48. The minimum Gasteiger partial charge on any atom is -0.354 e. The van der Waals surface area contributed by atoms with Crippen LogP contribution in [0.2, 0.25) is 0 Å². The highest BCUT2D eigenvalue weighted by Crippen LogP contribution is 2.42. The quantitative estimate of drug-likeness (QED) is 0.849. The van der Waals surface area contributed by atoms with Crippen LogP contribution >= 0.6 is 11.8 Å². The lowest BCUT2D eigenvalue weighted by molar-refractivity contribution is -0.125. The molecule has 0 spiro atoms. The van der Waals surface area contributed by atoms with Gasteiger partial charge in [0.05, 0.1) is 0 Å². The number of carbonyl (C=O) groups is 2. The molecule has 0 bridgehead atoms. The molecule has 1 fully saturated rings. The van der Waals surface area contributed by atoms with Crippen molar-refractivity contribution in [1.82, 2.24) is 10.2 Å². The van der Waals surface area contributed by atoms with E-state index in [2.05, 4.69) is 5.32 Å². The summed E-state index contributed by atoms with van der Waals surface area (Å²) < 4.78 is 13.7. The second-order valence-corrected chi connectivity index (χ2v) is 8.09. The lowest BCUT2D eigenvalue weighted by Gasteiger charge is -2.29. The van der Waals surface area contributed by atoms with E-state index in [1.807, 2.05) is 19.9 Å². The maximum absolute atomic E-state index is 13.7. The van der Waals surface area contributed by atoms with Crippen molar-refractivity contribution in [3.05, 3.63) is 71.5 Å². The summed E-state index contributed by atoms with van der Waals surface area (Å²) in [6, 6.07) is 14.5. The van der Waals surface area contributed by atoms with Crippen molar-refractivity contribution in [2.24, 2.45) is 5.92 Å². The number of rotatable bonds is 5. The van der Waals surface area contributed by atoms with Gasteiger partial charge in [-0.05, 0) is 35.7 Å². The molecule has 2 aromatic carbocycles. The molecule has 27 heavy (non-hydrogen) atoms. The van der Waals surface area contributed by atoms with Crippen LogP contribution in [0.15, 0.2) is 54.6 Å². The van der Waals surface area contributed by atoms with E-state index >= 15 is 0 Å². The fourth-order valence-electron chi connectivity index (χ4n) is 3.03. The van der Waals surface area contributed by atoms with Gasteiger partial charge in [-0.25, -0.2) is 4.39 Å². The van der Waals surface area contributed by atoms with Crippen LogP contribution in [-0.4, -0.2) is 35.1 Å². The second kappa shape index (κ2) is 8.57. The van der Waals surface area contributed by atoms with Crippen LogP contribution in [-0.2, 0) is 4.79 Å². The molecular weight excluding hydrogens is 363 g/mol. The Morgan fingerprint density at radius 2 is 1.93 bits per heavy atom. The van der Waals surface area contributed by atoms with Crippen LogP contribution in [0.5, 0.6) is 0 Å². The van der Waals surface area contributed by atoms with Crippen LogP contribution < -0.4 is 5.32 Å². The first-order valence-electron chi connectivity index (χ1n) is 9.00. The van der Waals surface area contributed by atoms with Gasteiger partial charge in [0.25, 0.3) is 5.91 Å². The topological polar surface area (TPSA) is 49.4 Å². The smallest absolute Gasteiger partial charge is 0.255 e. The van der Waals surface area contributed by atoms with E-state index in [0.29, 0.717) is 29.3 Å². The van der Waals surface area contributed by atoms with Gasteiger partial charge < -0.3 is 10.2 Å². The Hall–Kier alpha value is -2.34. The summed E-state index contributed by atoms with van der Waals surface area (Å²) in [7, 11) is 0. The zero-order valence-corrected chi connectivity index (χ0v) is 16.2. The molecule has 4 nitrogen and oxygen atoms in total. The fourth-order valence-corrected chi connectivity index (χ4v) is 4.44. The van der Waals surface area contributed by atoms with Crippen molar-refractivity contribution < 1.29 is 14.0 Å². The van der Waals surface area contributed by atoms with Crippen molar-refractivity contribution >= 4 is 23.6 Å². The van der Waals surface area contributed by atoms with Crippen molar-refractivity contribution in [1.29, 1.82) is 0 Å². The first-order chi connectivity index (χ1) is 13.0. The molecule has 1 N–H and O–H groups in total. The van der Waals surface area contributed by atoms with Crippen LogP contribution in [0.1, 0.15) is 35.1 Å². The standard InChI is InChI=1S/C21H23FN2O2S/c1-14(2)12-23-19(25)18-13-27-21(16-9-6-10-17(22)11-16)24(18)20(26)15-7-4-3-5-8-15/h3-11,14,18,21H,12-13H2,1-2H3,(H,23,25). The number of thioether (sulfide) groups is 1. The molecule has 0 aromatic heterocycles. The van der Waals surface area contributed by atoms with Gasteiger partial charge in [0.15, 0.2) is 0 Å². The lowest BCUT2D eigenvalue weighted by atomic mass is 10.1. The summed E-state index contributed by atoms with van der Waals surface area (Å²) in [5.41, 5.74) is 1.20. The van der Waals surface area contributed by atoms with Crippen molar-refractivity contribution in [3.8, 4) is 0 Å². The molecule has 0 saturated carbocycles. The Balaban J connectivity index is 1.92. The molecule has 1 saturated heterocycles. The van der Waals surface area contributed by atoms with Crippen molar-refractivity contribution in [2.45, 2.75) is 25.3 Å². The number of benzene rings is 2. The van der Waals surface area contributed by atoms with E-state index in [0.717, 1.165) is 0 Å². The van der Waals surface area contributed by atoms with E-state index < -0.39 is 11.4 Å². The highest BCUT2D eigenvalue weighted by molar-refractivity contribution is 7.99. The Morgan fingerprint density at radius 3 is 2.59 bits per heavy atom. The number of nitrogens with zero attached hydrogens (tertiary/aromatic N) is 1. The average Bonchev–Trinajstić information content (AvgIpc) is 3.11. The maximum Gasteiger partial charge on any atom is 0.255 e. The Labute approximate surface area is 163 Å². The molecule has 1 aliphatic rings. The van der Waals surface area contributed by atoms with Gasteiger partial charge in [-0.3, -0.25) is 9.59 Å². The third-order valence-corrected chi connectivity index (χ3v) is 5.70. The molecule has 2 unspecified atom stereocenters. The maximum atomic E-state index is 13.7. The number of hydrogen-bond acceptors (Lipinski definition) is 3. The summed E-state index contributed by atoms with van der Waals surface area (Å²) in [5, 5.41) is 2.52. The molecule has 6 heteroatoms. The number of carbonyl (C=O) groups excluding carboxylic acids is 2. The predicted octanol–water partition coefficient (Wildman–Crippen LogP) is 3.85. The number of halogens is 1. The SMILES string of the molecule is CC(C)CNC(=O)C1CSC(c2cccc(F)c2)N1C(=O)c1ccccc1. The average molecular weight is 386 g/mol. The second-order valence-electron chi connectivity index (χ2n) is 6.97. The Morgan fingerprint density at radius 1 is 1.19 bits per heavy atom. The van der Waals surface area contributed by atoms with Gasteiger partial charge >= 0.3 is 0 Å². The number of amides is 2. The van der Waals surface area contributed by atoms with Crippen LogP contribution in [0, 0.1) is 11.7 Å². The van der Waals surface area contributed by atoms with E-state index in [9.17, 15) is 14.0 Å². The predicted molar refractivity (Wildman–Crippen MR) is 106 cm³/mol. The molecule has 0 radical (unpaired) electrons. The van der Waals surface area contributed by atoms with Gasteiger partial charge in [0.1, 0.15) is 17.2 Å². The zero-order valence-electron chi connectivity index (χ0n) is 15.4. The Kier molecular flexibility index (Phi) is 6.16. The minimum absolute atomic E-state index is 0.167. The largest absolute Gasteiger partial charge is 0.354 e. The molecule has 2 atom stereocenters. The minimum atomic E-state index is -0.588. The highest BCUT2D eigenvalue weighted by atomic mass is 32.2.